The molecule has 174 valence electrons. The lowest BCUT2D eigenvalue weighted by Crippen LogP contribution is -2.56. The number of amides is 3. The Labute approximate surface area is 179 Å². The Kier molecular flexibility index (Phi) is 7.26. The fourth-order valence-corrected chi connectivity index (χ4v) is 1.79. The van der Waals surface area contributed by atoms with Gasteiger partial charge < -0.3 is 23.7 Å². The molecule has 0 saturated heterocycles. The van der Waals surface area contributed by atoms with E-state index in [-0.39, 0.29) is 10.0 Å². The lowest BCUT2D eigenvalue weighted by Gasteiger charge is -2.33. The lowest BCUT2D eigenvalue weighted by molar-refractivity contribution is -0.00799. The van der Waals surface area contributed by atoms with Crippen LogP contribution in [-0.2, 0) is 14.2 Å². The molecule has 1 rings (SSSR count). The number of hydrazine groups is 1. The summed E-state index contributed by atoms with van der Waals surface area (Å²) < 4.78 is 20.6. The van der Waals surface area contributed by atoms with Gasteiger partial charge in [-0.25, -0.2) is 19.2 Å². The number of carboxylic acid groups (broad SMARTS) is 1. The number of ether oxygens (including phenoxy) is 3. The van der Waals surface area contributed by atoms with Crippen LogP contribution in [0.5, 0.6) is 0 Å². The molecule has 31 heavy (non-hydrogen) atoms. The summed E-state index contributed by atoms with van der Waals surface area (Å²) >= 11 is 0. The number of anilines is 1. The highest BCUT2D eigenvalue weighted by Crippen LogP contribution is 2.24. The Hall–Kier alpha value is -3.38. The summed E-state index contributed by atoms with van der Waals surface area (Å²) in [6.45, 7) is 13.8. The van der Waals surface area contributed by atoms with Gasteiger partial charge in [-0.05, 0) is 62.3 Å². The van der Waals surface area contributed by atoms with Gasteiger partial charge in [0.1, 0.15) is 16.8 Å². The van der Waals surface area contributed by atoms with Gasteiger partial charge in [0.15, 0.2) is 0 Å². The molecule has 0 radical (unpaired) electrons. The summed E-state index contributed by atoms with van der Waals surface area (Å²) in [5.74, 6) is -2.49. The van der Waals surface area contributed by atoms with E-state index in [9.17, 15) is 19.2 Å². The number of carbonyl (C=O) groups is 4. The molecular weight excluding hydrogens is 416 g/mol. The first kappa shape index (κ1) is 25.7. The van der Waals surface area contributed by atoms with Crippen LogP contribution in [0.3, 0.4) is 0 Å². The Bertz CT molecular complexity index is 815. The Balaban J connectivity index is 3.60. The molecule has 13 heteroatoms. The van der Waals surface area contributed by atoms with Gasteiger partial charge in [0.2, 0.25) is 0 Å². The van der Waals surface area contributed by atoms with Crippen molar-refractivity contribution in [2.45, 2.75) is 79.1 Å². The molecule has 1 aromatic heterocycles. The second kappa shape index (κ2) is 8.78. The van der Waals surface area contributed by atoms with E-state index in [1.165, 1.54) is 62.3 Å². The third-order valence-corrected chi connectivity index (χ3v) is 2.68. The first-order valence-corrected chi connectivity index (χ1v) is 9.16. The van der Waals surface area contributed by atoms with Crippen molar-refractivity contribution in [1.82, 2.24) is 15.2 Å². The van der Waals surface area contributed by atoms with Gasteiger partial charge in [-0.15, -0.1) is 10.0 Å². The molecular formula is C18H28N4O9. The van der Waals surface area contributed by atoms with Crippen LogP contribution in [0.1, 0.15) is 73.0 Å². The average Bonchev–Trinajstić information content (AvgIpc) is 2.96. The van der Waals surface area contributed by atoms with Crippen molar-refractivity contribution in [2.75, 3.05) is 5.01 Å². The first-order chi connectivity index (χ1) is 13.8. The van der Waals surface area contributed by atoms with Crippen LogP contribution in [0.25, 0.3) is 0 Å². The maximum absolute atomic E-state index is 12.9. The van der Waals surface area contributed by atoms with Crippen molar-refractivity contribution in [1.29, 1.82) is 0 Å². The minimum Gasteiger partial charge on any atom is -0.474 e. The number of carbonyl (C=O) groups excluding carboxylic acids is 3. The second-order valence-electron chi connectivity index (χ2n) is 9.26. The molecule has 1 N–H and O–H groups in total. The quantitative estimate of drug-likeness (QED) is 0.524. The van der Waals surface area contributed by atoms with Crippen molar-refractivity contribution in [2.24, 2.45) is 0 Å². The predicted octanol–water partition coefficient (Wildman–Crippen LogP) is 3.60. The number of hydrogen-bond acceptors (Lipinski definition) is 10. The maximum Gasteiger partial charge on any atom is 0.440 e. The number of aromatic carboxylic acids is 1. The van der Waals surface area contributed by atoms with Gasteiger partial charge in [0, 0.05) is 0 Å². The minimum atomic E-state index is -1.59. The molecule has 0 aliphatic heterocycles. The summed E-state index contributed by atoms with van der Waals surface area (Å²) in [6.07, 6.45) is -3.96. The standard InChI is InChI=1S/C18H28N4O9/c1-16(2,3)29-13(25)21(12-20-19-10(28-12)11(23)24)22(14(26)30-17(4,5)6)15(27)31-18(7,8)9/h1-9H3,(H,23,24). The largest absolute Gasteiger partial charge is 0.474 e. The predicted molar refractivity (Wildman–Crippen MR) is 104 cm³/mol. The first-order valence-electron chi connectivity index (χ1n) is 9.16. The van der Waals surface area contributed by atoms with Gasteiger partial charge in [-0.1, -0.05) is 10.2 Å². The lowest BCUT2D eigenvalue weighted by atomic mass is 10.2. The topological polar surface area (TPSA) is 162 Å². The average molecular weight is 444 g/mol. The van der Waals surface area contributed by atoms with E-state index in [0.29, 0.717) is 0 Å². The van der Waals surface area contributed by atoms with Crippen molar-refractivity contribution in [3.05, 3.63) is 5.89 Å². The normalized spacial score (nSPS) is 12.0. The van der Waals surface area contributed by atoms with E-state index in [1.54, 1.807) is 0 Å². The van der Waals surface area contributed by atoms with Crippen LogP contribution in [-0.4, -0.2) is 61.4 Å². The molecule has 0 aromatic carbocycles. The van der Waals surface area contributed by atoms with Crippen LogP contribution in [0.4, 0.5) is 20.4 Å². The third kappa shape index (κ3) is 8.10. The summed E-state index contributed by atoms with van der Waals surface area (Å²) in [6, 6.07) is -0.830. The number of aromatic nitrogens is 2. The van der Waals surface area contributed by atoms with Crippen molar-refractivity contribution in [3.8, 4) is 0 Å². The zero-order valence-electron chi connectivity index (χ0n) is 19.0. The summed E-state index contributed by atoms with van der Waals surface area (Å²) in [5, 5.41) is 16.2. The zero-order chi connectivity index (χ0) is 24.4. The maximum atomic E-state index is 12.9. The molecule has 0 fully saturated rings. The SMILES string of the molecule is CC(C)(C)OC(=O)N(C(=O)OC(C)(C)C)N(C(=O)OC(C)(C)C)c1nnc(C(=O)O)o1. The number of hydrogen-bond donors (Lipinski definition) is 1. The molecule has 0 unspecified atom stereocenters. The number of imide groups is 1. The fraction of sp³-hybridized carbons (Fsp3) is 0.667. The Morgan fingerprint density at radius 2 is 1.13 bits per heavy atom. The number of nitrogens with zero attached hydrogens (tertiary/aromatic N) is 4. The van der Waals surface area contributed by atoms with E-state index in [4.69, 9.17) is 23.7 Å². The molecule has 1 heterocycles. The van der Waals surface area contributed by atoms with E-state index in [0.717, 1.165) is 0 Å². The van der Waals surface area contributed by atoms with Gasteiger partial charge in [-0.3, -0.25) is 0 Å². The summed E-state index contributed by atoms with van der Waals surface area (Å²) in [7, 11) is 0. The number of carboxylic acids is 1. The molecule has 1 aromatic rings. The molecule has 0 atom stereocenters. The Morgan fingerprint density at radius 1 is 0.742 bits per heavy atom. The smallest absolute Gasteiger partial charge is 0.440 e. The van der Waals surface area contributed by atoms with Gasteiger partial charge in [0.25, 0.3) is 0 Å². The highest BCUT2D eigenvalue weighted by Gasteiger charge is 2.44. The summed E-state index contributed by atoms with van der Waals surface area (Å²) in [4.78, 5) is 49.7. The van der Waals surface area contributed by atoms with Gasteiger partial charge in [-0.2, -0.15) is 0 Å². The van der Waals surface area contributed by atoms with Crippen molar-refractivity contribution >= 4 is 30.3 Å². The summed E-state index contributed by atoms with van der Waals surface area (Å²) in [5.41, 5.74) is -3.21. The monoisotopic (exact) mass is 444 g/mol. The van der Waals surface area contributed by atoms with Crippen LogP contribution < -0.4 is 5.01 Å². The molecule has 0 aliphatic carbocycles. The van der Waals surface area contributed by atoms with E-state index in [2.05, 4.69) is 10.2 Å². The van der Waals surface area contributed by atoms with Crippen LogP contribution in [0.2, 0.25) is 0 Å². The zero-order valence-corrected chi connectivity index (χ0v) is 19.0. The molecule has 13 nitrogen and oxygen atoms in total. The van der Waals surface area contributed by atoms with E-state index < -0.39 is 53.0 Å². The molecule has 0 aliphatic rings. The second-order valence-corrected chi connectivity index (χ2v) is 9.26. The van der Waals surface area contributed by atoms with Gasteiger partial charge >= 0.3 is 36.2 Å². The van der Waals surface area contributed by atoms with Crippen molar-refractivity contribution < 1.29 is 42.9 Å². The highest BCUT2D eigenvalue weighted by atomic mass is 16.6. The minimum absolute atomic E-state index is 0.156. The van der Waals surface area contributed by atoms with Gasteiger partial charge in [0.05, 0.1) is 0 Å². The molecule has 3 amide bonds. The van der Waals surface area contributed by atoms with E-state index >= 15 is 0 Å². The van der Waals surface area contributed by atoms with Crippen molar-refractivity contribution in [3.63, 3.8) is 0 Å². The molecule has 0 saturated carbocycles. The Morgan fingerprint density at radius 3 is 1.45 bits per heavy atom. The third-order valence-electron chi connectivity index (χ3n) is 2.68. The highest BCUT2D eigenvalue weighted by molar-refractivity contribution is 5.98. The van der Waals surface area contributed by atoms with Crippen LogP contribution in [0, 0.1) is 0 Å². The van der Waals surface area contributed by atoms with Crippen LogP contribution >= 0.6 is 0 Å². The molecule has 0 spiro atoms. The van der Waals surface area contributed by atoms with Crippen LogP contribution in [0.15, 0.2) is 4.42 Å². The van der Waals surface area contributed by atoms with E-state index in [1.807, 2.05) is 0 Å². The number of rotatable bonds is 2. The fourth-order valence-electron chi connectivity index (χ4n) is 1.79. The molecule has 0 bridgehead atoms.